The summed E-state index contributed by atoms with van der Waals surface area (Å²) in [6, 6.07) is 22.6. The molecule has 0 unspecified atom stereocenters. The summed E-state index contributed by atoms with van der Waals surface area (Å²) in [5, 5.41) is 4.19. The van der Waals surface area contributed by atoms with E-state index in [1.807, 2.05) is 30.6 Å². The molecule has 0 spiro atoms. The summed E-state index contributed by atoms with van der Waals surface area (Å²) >= 11 is 6.96. The molecule has 0 bridgehead atoms. The van der Waals surface area contributed by atoms with Crippen LogP contribution in [-0.4, -0.2) is 17.4 Å². The molecule has 30 heavy (non-hydrogen) atoms. The van der Waals surface area contributed by atoms with Crippen LogP contribution < -0.4 is 0 Å². The van der Waals surface area contributed by atoms with Gasteiger partial charge in [-0.3, -0.25) is 0 Å². The van der Waals surface area contributed by atoms with Gasteiger partial charge in [-0.25, -0.2) is 15.0 Å². The maximum Gasteiger partial charge on any atom is 0.154 e. The highest BCUT2D eigenvalue weighted by molar-refractivity contribution is 7.22. The summed E-state index contributed by atoms with van der Waals surface area (Å²) in [7, 11) is 0. The second-order valence-electron chi connectivity index (χ2n) is 6.23. The molecule has 0 aliphatic heterocycles. The highest BCUT2D eigenvalue weighted by Crippen LogP contribution is 2.32. The van der Waals surface area contributed by atoms with Gasteiger partial charge in [0.15, 0.2) is 11.6 Å². The van der Waals surface area contributed by atoms with Gasteiger partial charge in [-0.2, -0.15) is 0 Å². The van der Waals surface area contributed by atoms with Crippen molar-refractivity contribution in [3.63, 3.8) is 0 Å². The zero-order valence-electron chi connectivity index (χ0n) is 15.6. The first kappa shape index (κ1) is 19.3. The number of rotatable bonds is 6. The van der Waals surface area contributed by atoms with Crippen LogP contribution in [0.15, 0.2) is 87.5 Å². The number of hydrogen-bond acceptors (Lipinski definition) is 7. The number of nitrogens with zero attached hydrogens (tertiary/aromatic N) is 3. The van der Waals surface area contributed by atoms with Crippen molar-refractivity contribution >= 4 is 69.4 Å². The maximum atomic E-state index is 4.53. The van der Waals surface area contributed by atoms with Crippen molar-refractivity contribution in [2.45, 2.75) is 0 Å². The van der Waals surface area contributed by atoms with E-state index in [-0.39, 0.29) is 0 Å². The van der Waals surface area contributed by atoms with Gasteiger partial charge < -0.3 is 0 Å². The Bertz CT molecular complexity index is 1190. The van der Waals surface area contributed by atoms with E-state index in [0.29, 0.717) is 11.6 Å². The van der Waals surface area contributed by atoms with Gasteiger partial charge >= 0.3 is 0 Å². The van der Waals surface area contributed by atoms with Crippen molar-refractivity contribution in [2.75, 3.05) is 0 Å². The van der Waals surface area contributed by atoms with Gasteiger partial charge in [0.05, 0.1) is 0 Å². The lowest BCUT2D eigenvalue weighted by atomic mass is 10.4. The lowest BCUT2D eigenvalue weighted by Crippen LogP contribution is -1.79. The van der Waals surface area contributed by atoms with Crippen molar-refractivity contribution < 1.29 is 0 Å². The summed E-state index contributed by atoms with van der Waals surface area (Å²) in [5.74, 6) is 1.31. The molecule has 0 amide bonds. The van der Waals surface area contributed by atoms with Gasteiger partial charge in [0.2, 0.25) is 0 Å². The van der Waals surface area contributed by atoms with Crippen LogP contribution in [-0.2, 0) is 0 Å². The van der Waals surface area contributed by atoms with E-state index >= 15 is 0 Å². The fraction of sp³-hybridized carbons (Fsp3) is 0. The molecule has 0 saturated carbocycles. The minimum atomic E-state index is 0.654. The van der Waals surface area contributed by atoms with Crippen LogP contribution in [0.3, 0.4) is 0 Å². The molecule has 0 aliphatic carbocycles. The van der Waals surface area contributed by atoms with E-state index in [1.54, 1.807) is 45.3 Å². The Morgan fingerprint density at radius 2 is 1.10 bits per heavy atom. The summed E-state index contributed by atoms with van der Waals surface area (Å²) in [6.45, 7) is 0. The predicted octanol–water partition coefficient (Wildman–Crippen LogP) is 8.16. The van der Waals surface area contributed by atoms with Gasteiger partial charge in [0.1, 0.15) is 0 Å². The number of pyridine rings is 1. The van der Waals surface area contributed by atoms with E-state index in [1.165, 1.54) is 19.5 Å². The number of hydrogen-bond donors (Lipinski definition) is 0. The molecule has 0 N–H and O–H groups in total. The normalized spacial score (nSPS) is 11.7. The van der Waals surface area contributed by atoms with Crippen LogP contribution in [0, 0.1) is 0 Å². The van der Waals surface area contributed by atoms with Crippen LogP contribution in [0.4, 0.5) is 11.6 Å². The Morgan fingerprint density at radius 3 is 1.57 bits per heavy atom. The van der Waals surface area contributed by atoms with Crippen molar-refractivity contribution in [1.82, 2.24) is 4.98 Å². The third-order valence-corrected chi connectivity index (χ3v) is 8.32. The summed E-state index contributed by atoms with van der Waals surface area (Å²) in [6.07, 6.45) is 3.73. The second-order valence-corrected chi connectivity index (χ2v) is 10.4. The van der Waals surface area contributed by atoms with Gasteiger partial charge in [0, 0.05) is 41.7 Å². The smallest absolute Gasteiger partial charge is 0.154 e. The lowest BCUT2D eigenvalue weighted by Gasteiger charge is -1.95. The Kier molecular flexibility index (Phi) is 5.76. The molecule has 0 atom stereocenters. The van der Waals surface area contributed by atoms with Crippen LogP contribution in [0.2, 0.25) is 0 Å². The van der Waals surface area contributed by atoms with Gasteiger partial charge in [-0.15, -0.1) is 45.3 Å². The van der Waals surface area contributed by atoms with E-state index in [9.17, 15) is 0 Å². The average molecular weight is 462 g/mol. The standard InChI is InChI=1S/C23H15N3S4/c1-6-22(24-14-16-8-10-20(29-16)18-4-2-12-27-18)26-23(7-1)25-15-17-9-11-21(30-17)19-5-3-13-28-19/h1-15H/b24-14+,25-15?. The molecule has 0 radical (unpaired) electrons. The fourth-order valence-corrected chi connectivity index (χ4v) is 6.19. The maximum absolute atomic E-state index is 4.53. The first-order valence-electron chi connectivity index (χ1n) is 9.16. The largest absolute Gasteiger partial charge is 0.236 e. The van der Waals surface area contributed by atoms with Gasteiger partial charge in [-0.05, 0) is 59.3 Å². The first-order valence-corrected chi connectivity index (χ1v) is 12.6. The number of aliphatic imine (C=N–C) groups is 2. The van der Waals surface area contributed by atoms with E-state index in [0.717, 1.165) is 9.75 Å². The molecular weight excluding hydrogens is 447 g/mol. The Labute approximate surface area is 190 Å². The van der Waals surface area contributed by atoms with Gasteiger partial charge in [0.25, 0.3) is 0 Å². The molecule has 0 aliphatic rings. The molecule has 0 saturated heterocycles. The highest BCUT2D eigenvalue weighted by atomic mass is 32.1. The van der Waals surface area contributed by atoms with Crippen molar-refractivity contribution in [2.24, 2.45) is 9.98 Å². The molecular formula is C23H15N3S4. The van der Waals surface area contributed by atoms with Crippen molar-refractivity contribution in [3.05, 3.63) is 87.2 Å². The van der Waals surface area contributed by atoms with Crippen LogP contribution in [0.5, 0.6) is 0 Å². The molecule has 0 aromatic carbocycles. The first-order chi connectivity index (χ1) is 14.8. The molecule has 5 aromatic rings. The molecule has 146 valence electrons. The van der Waals surface area contributed by atoms with Crippen molar-refractivity contribution in [3.8, 4) is 19.5 Å². The Balaban J connectivity index is 1.28. The Morgan fingerprint density at radius 1 is 0.567 bits per heavy atom. The summed E-state index contributed by atoms with van der Waals surface area (Å²) in [5.41, 5.74) is 0. The molecule has 0 fully saturated rings. The third kappa shape index (κ3) is 4.55. The lowest BCUT2D eigenvalue weighted by molar-refractivity contribution is 1.25. The quantitative estimate of drug-likeness (QED) is 0.235. The minimum absolute atomic E-state index is 0.654. The minimum Gasteiger partial charge on any atom is -0.236 e. The number of thiophene rings is 4. The highest BCUT2D eigenvalue weighted by Gasteiger charge is 2.04. The number of aromatic nitrogens is 1. The second kappa shape index (κ2) is 8.97. The average Bonchev–Trinajstić information content (AvgIpc) is 3.57. The molecule has 5 rings (SSSR count). The van der Waals surface area contributed by atoms with E-state index in [4.69, 9.17) is 0 Å². The molecule has 5 aromatic heterocycles. The summed E-state index contributed by atoms with van der Waals surface area (Å²) in [4.78, 5) is 20.9. The van der Waals surface area contributed by atoms with Gasteiger partial charge in [-0.1, -0.05) is 18.2 Å². The monoisotopic (exact) mass is 461 g/mol. The zero-order valence-corrected chi connectivity index (χ0v) is 18.9. The zero-order chi connectivity index (χ0) is 20.2. The van der Waals surface area contributed by atoms with Crippen LogP contribution in [0.25, 0.3) is 19.5 Å². The fourth-order valence-electron chi connectivity index (χ4n) is 2.76. The third-order valence-electron chi connectivity index (χ3n) is 4.15. The van der Waals surface area contributed by atoms with E-state index in [2.05, 4.69) is 74.3 Å². The topological polar surface area (TPSA) is 37.6 Å². The SMILES string of the molecule is C(=Nc1cccc(/N=C/c2ccc(-c3cccs3)s2)n1)c1ccc(-c2cccs2)s1. The predicted molar refractivity (Wildman–Crippen MR) is 134 cm³/mol. The molecule has 3 nitrogen and oxygen atoms in total. The van der Waals surface area contributed by atoms with Crippen molar-refractivity contribution in [1.29, 1.82) is 0 Å². The van der Waals surface area contributed by atoms with Crippen LogP contribution >= 0.6 is 45.3 Å². The molecule has 7 heteroatoms. The summed E-state index contributed by atoms with van der Waals surface area (Å²) < 4.78 is 0. The molecule has 5 heterocycles. The van der Waals surface area contributed by atoms with E-state index < -0.39 is 0 Å². The Hall–Kier alpha value is -2.71. The van der Waals surface area contributed by atoms with Crippen LogP contribution in [0.1, 0.15) is 9.75 Å².